The molecule has 2 rings (SSSR count). The monoisotopic (exact) mass is 127 g/mol. The second-order valence-corrected chi connectivity index (χ2v) is 3.20. The summed E-state index contributed by atoms with van der Waals surface area (Å²) < 4.78 is 5.53. The van der Waals surface area contributed by atoms with Crippen molar-refractivity contribution >= 4 is 0 Å². The van der Waals surface area contributed by atoms with Crippen molar-refractivity contribution in [1.82, 2.24) is 5.32 Å². The van der Waals surface area contributed by atoms with Crippen LogP contribution >= 0.6 is 0 Å². The van der Waals surface area contributed by atoms with E-state index in [1.807, 2.05) is 0 Å². The molecule has 9 heavy (non-hydrogen) atoms. The minimum atomic E-state index is 0.264. The van der Waals surface area contributed by atoms with Gasteiger partial charge >= 0.3 is 0 Å². The highest BCUT2D eigenvalue weighted by Gasteiger charge is 2.46. The zero-order valence-corrected chi connectivity index (χ0v) is 5.81. The Morgan fingerprint density at radius 1 is 1.67 bits per heavy atom. The van der Waals surface area contributed by atoms with Gasteiger partial charge in [0.15, 0.2) is 0 Å². The lowest BCUT2D eigenvalue weighted by molar-refractivity contribution is -0.154. The van der Waals surface area contributed by atoms with E-state index in [1.165, 1.54) is 6.42 Å². The molecule has 2 nitrogen and oxygen atoms in total. The molecule has 0 aromatic rings. The number of rotatable bonds is 0. The maximum absolute atomic E-state index is 5.53. The summed E-state index contributed by atoms with van der Waals surface area (Å²) in [6.07, 6.45) is 1.27. The van der Waals surface area contributed by atoms with Gasteiger partial charge in [0, 0.05) is 19.5 Å². The Hall–Kier alpha value is -0.0800. The molecule has 52 valence electrons. The van der Waals surface area contributed by atoms with Crippen LogP contribution in [-0.2, 0) is 4.74 Å². The van der Waals surface area contributed by atoms with Crippen molar-refractivity contribution in [2.45, 2.75) is 18.9 Å². The number of hydrogen-bond donors (Lipinski definition) is 1. The molecule has 0 amide bonds. The Bertz CT molecular complexity index is 120. The quantitative estimate of drug-likeness (QED) is 0.508. The fourth-order valence-corrected chi connectivity index (χ4v) is 1.75. The zero-order valence-electron chi connectivity index (χ0n) is 5.81. The van der Waals surface area contributed by atoms with Gasteiger partial charge in [0.2, 0.25) is 0 Å². The summed E-state index contributed by atoms with van der Waals surface area (Å²) in [6, 6.07) is 0. The predicted molar refractivity (Wildman–Crippen MR) is 35.3 cm³/mol. The number of ether oxygens (including phenoxy) is 1. The van der Waals surface area contributed by atoms with Crippen LogP contribution in [-0.4, -0.2) is 25.3 Å². The summed E-state index contributed by atoms with van der Waals surface area (Å²) in [7, 11) is 0. The van der Waals surface area contributed by atoms with Gasteiger partial charge in [0.25, 0.3) is 0 Å². The van der Waals surface area contributed by atoms with Crippen LogP contribution in [0.3, 0.4) is 0 Å². The van der Waals surface area contributed by atoms with Crippen molar-refractivity contribution in [3.05, 3.63) is 0 Å². The minimum Gasteiger partial charge on any atom is -0.373 e. The van der Waals surface area contributed by atoms with Gasteiger partial charge in [-0.25, -0.2) is 0 Å². The van der Waals surface area contributed by atoms with Crippen LogP contribution in [0.5, 0.6) is 0 Å². The first-order valence-corrected chi connectivity index (χ1v) is 3.68. The first-order chi connectivity index (χ1) is 4.33. The molecule has 1 spiro atoms. The molecule has 0 aromatic heterocycles. The molecule has 2 heteroatoms. The third kappa shape index (κ3) is 0.634. The third-order valence-corrected chi connectivity index (χ3v) is 2.69. The summed E-state index contributed by atoms with van der Waals surface area (Å²) >= 11 is 0. The smallest absolute Gasteiger partial charge is 0.0865 e. The van der Waals surface area contributed by atoms with Crippen molar-refractivity contribution in [1.29, 1.82) is 0 Å². The van der Waals surface area contributed by atoms with Crippen molar-refractivity contribution in [2.75, 3.05) is 19.7 Å². The number of hydrogen-bond acceptors (Lipinski definition) is 2. The molecule has 0 radical (unpaired) electrons. The maximum atomic E-state index is 5.53. The van der Waals surface area contributed by atoms with Crippen LogP contribution in [0.1, 0.15) is 13.3 Å². The van der Waals surface area contributed by atoms with Crippen molar-refractivity contribution in [3.8, 4) is 0 Å². The Labute approximate surface area is 55.6 Å². The Morgan fingerprint density at radius 2 is 2.44 bits per heavy atom. The van der Waals surface area contributed by atoms with E-state index in [-0.39, 0.29) is 5.60 Å². The molecule has 2 aliphatic rings. The van der Waals surface area contributed by atoms with Gasteiger partial charge in [-0.1, -0.05) is 6.92 Å². The topological polar surface area (TPSA) is 21.3 Å². The van der Waals surface area contributed by atoms with E-state index in [0.717, 1.165) is 25.6 Å². The molecule has 2 heterocycles. The second-order valence-electron chi connectivity index (χ2n) is 3.20. The minimum absolute atomic E-state index is 0.264. The first-order valence-electron chi connectivity index (χ1n) is 3.68. The summed E-state index contributed by atoms with van der Waals surface area (Å²) in [5.74, 6) is 0.728. The van der Waals surface area contributed by atoms with Crippen LogP contribution in [0.4, 0.5) is 0 Å². The fraction of sp³-hybridized carbons (Fsp3) is 1.00. The summed E-state index contributed by atoms with van der Waals surface area (Å²) in [6.45, 7) is 5.46. The summed E-state index contributed by atoms with van der Waals surface area (Å²) in [4.78, 5) is 0. The van der Waals surface area contributed by atoms with E-state index in [2.05, 4.69) is 12.2 Å². The Kier molecular flexibility index (Phi) is 1.08. The Morgan fingerprint density at radius 3 is 2.67 bits per heavy atom. The summed E-state index contributed by atoms with van der Waals surface area (Å²) in [5.41, 5.74) is 0.264. The molecular formula is C7H13NO. The summed E-state index contributed by atoms with van der Waals surface area (Å²) in [5, 5.41) is 3.34. The van der Waals surface area contributed by atoms with Crippen molar-refractivity contribution < 1.29 is 4.74 Å². The normalized spacial score (nSPS) is 49.7. The SMILES string of the molecule is CC1CNCC12CCO2. The molecule has 0 bridgehead atoms. The molecule has 0 aliphatic carbocycles. The Balaban J connectivity index is 2.09. The van der Waals surface area contributed by atoms with Crippen LogP contribution in [0.2, 0.25) is 0 Å². The predicted octanol–water partition coefficient (Wildman–Crippen LogP) is 0.385. The maximum Gasteiger partial charge on any atom is 0.0865 e. The second kappa shape index (κ2) is 1.70. The lowest BCUT2D eigenvalue weighted by Crippen LogP contribution is -2.49. The van der Waals surface area contributed by atoms with Gasteiger partial charge in [-0.3, -0.25) is 0 Å². The molecular weight excluding hydrogens is 114 g/mol. The highest BCUT2D eigenvalue weighted by Crippen LogP contribution is 2.36. The van der Waals surface area contributed by atoms with Gasteiger partial charge in [0.05, 0.1) is 12.2 Å². The average Bonchev–Trinajstić information content (AvgIpc) is 2.07. The molecule has 0 aromatic carbocycles. The highest BCUT2D eigenvalue weighted by atomic mass is 16.5. The standard InChI is InChI=1S/C7H13NO/c1-6-4-8-5-7(6)2-3-9-7/h6,8H,2-5H2,1H3. The lowest BCUT2D eigenvalue weighted by Gasteiger charge is -2.41. The first kappa shape index (κ1) is 5.69. The van der Waals surface area contributed by atoms with Crippen LogP contribution < -0.4 is 5.32 Å². The van der Waals surface area contributed by atoms with Gasteiger partial charge in [-0.2, -0.15) is 0 Å². The van der Waals surface area contributed by atoms with Gasteiger partial charge < -0.3 is 10.1 Å². The highest BCUT2D eigenvalue weighted by molar-refractivity contribution is 4.99. The molecule has 1 N–H and O–H groups in total. The van der Waals surface area contributed by atoms with Crippen LogP contribution in [0.25, 0.3) is 0 Å². The number of nitrogens with one attached hydrogen (secondary N) is 1. The lowest BCUT2D eigenvalue weighted by atomic mass is 9.85. The van der Waals surface area contributed by atoms with Gasteiger partial charge in [-0.05, 0) is 5.92 Å². The molecule has 2 fully saturated rings. The van der Waals surface area contributed by atoms with Crippen LogP contribution in [0, 0.1) is 5.92 Å². The molecule has 0 saturated carbocycles. The van der Waals surface area contributed by atoms with Gasteiger partial charge in [-0.15, -0.1) is 0 Å². The largest absolute Gasteiger partial charge is 0.373 e. The van der Waals surface area contributed by atoms with E-state index < -0.39 is 0 Å². The average molecular weight is 127 g/mol. The third-order valence-electron chi connectivity index (χ3n) is 2.69. The molecule has 2 saturated heterocycles. The van der Waals surface area contributed by atoms with E-state index in [4.69, 9.17) is 4.74 Å². The van der Waals surface area contributed by atoms with Crippen molar-refractivity contribution in [2.24, 2.45) is 5.92 Å². The van der Waals surface area contributed by atoms with E-state index in [0.29, 0.717) is 0 Å². The van der Waals surface area contributed by atoms with E-state index >= 15 is 0 Å². The fourth-order valence-electron chi connectivity index (χ4n) is 1.75. The molecule has 2 atom stereocenters. The molecule has 2 unspecified atom stereocenters. The molecule has 2 aliphatic heterocycles. The zero-order chi connectivity index (χ0) is 6.32. The van der Waals surface area contributed by atoms with Crippen molar-refractivity contribution in [3.63, 3.8) is 0 Å². The van der Waals surface area contributed by atoms with E-state index in [1.54, 1.807) is 0 Å². The van der Waals surface area contributed by atoms with E-state index in [9.17, 15) is 0 Å². The van der Waals surface area contributed by atoms with Gasteiger partial charge in [0.1, 0.15) is 0 Å². The van der Waals surface area contributed by atoms with Crippen LogP contribution in [0.15, 0.2) is 0 Å².